The lowest BCUT2D eigenvalue weighted by Gasteiger charge is -2.38. The zero-order chi connectivity index (χ0) is 12.2. The predicted molar refractivity (Wildman–Crippen MR) is 66.1 cm³/mol. The molecule has 1 aliphatic carbocycles. The van der Waals surface area contributed by atoms with E-state index in [0.29, 0.717) is 18.8 Å². The van der Waals surface area contributed by atoms with Crippen molar-refractivity contribution in [3.05, 3.63) is 0 Å². The number of hydrogen-bond acceptors (Lipinski definition) is 3. The van der Waals surface area contributed by atoms with Gasteiger partial charge in [0.05, 0.1) is 11.4 Å². The minimum Gasteiger partial charge on any atom is -0.390 e. The summed E-state index contributed by atoms with van der Waals surface area (Å²) in [5, 5.41) is 10.4. The number of rotatable bonds is 5. The smallest absolute Gasteiger partial charge is 0.150 e. The van der Waals surface area contributed by atoms with Crippen LogP contribution in [0.15, 0.2) is 0 Å². The van der Waals surface area contributed by atoms with Gasteiger partial charge in [-0.05, 0) is 31.6 Å². The molecule has 0 aromatic heterocycles. The van der Waals surface area contributed by atoms with E-state index in [1.54, 1.807) is 6.92 Å². The highest BCUT2D eigenvalue weighted by atomic mass is 32.2. The molecule has 4 heteroatoms. The van der Waals surface area contributed by atoms with E-state index in [2.05, 4.69) is 6.92 Å². The van der Waals surface area contributed by atoms with E-state index in [0.717, 1.165) is 19.3 Å². The summed E-state index contributed by atoms with van der Waals surface area (Å²) in [4.78, 5) is 0. The van der Waals surface area contributed by atoms with E-state index >= 15 is 0 Å². The Labute approximate surface area is 99.2 Å². The van der Waals surface area contributed by atoms with Gasteiger partial charge in [0.25, 0.3) is 0 Å². The van der Waals surface area contributed by atoms with Crippen LogP contribution in [0.3, 0.4) is 0 Å². The normalized spacial score (nSPS) is 31.6. The molecule has 0 aromatic rings. The summed E-state index contributed by atoms with van der Waals surface area (Å²) in [6, 6.07) is 0. The van der Waals surface area contributed by atoms with Gasteiger partial charge in [-0.2, -0.15) is 0 Å². The second kappa shape index (κ2) is 5.50. The Morgan fingerprint density at radius 3 is 2.62 bits per heavy atom. The van der Waals surface area contributed by atoms with Crippen LogP contribution in [0.25, 0.3) is 0 Å². The van der Waals surface area contributed by atoms with Crippen LogP contribution in [0.1, 0.15) is 52.4 Å². The molecule has 16 heavy (non-hydrogen) atoms. The Morgan fingerprint density at radius 1 is 1.38 bits per heavy atom. The van der Waals surface area contributed by atoms with Gasteiger partial charge in [0.1, 0.15) is 9.84 Å². The first-order valence-corrected chi connectivity index (χ1v) is 8.14. The van der Waals surface area contributed by atoms with Crippen molar-refractivity contribution in [2.75, 3.05) is 11.5 Å². The first-order valence-electron chi connectivity index (χ1n) is 6.32. The summed E-state index contributed by atoms with van der Waals surface area (Å²) in [6.07, 6.45) is 5.39. The third-order valence-corrected chi connectivity index (χ3v) is 5.71. The molecule has 1 fully saturated rings. The van der Waals surface area contributed by atoms with E-state index in [1.165, 1.54) is 6.42 Å². The zero-order valence-electron chi connectivity index (χ0n) is 10.4. The highest BCUT2D eigenvalue weighted by Crippen LogP contribution is 2.36. The monoisotopic (exact) mass is 248 g/mol. The molecule has 0 saturated heterocycles. The maximum Gasteiger partial charge on any atom is 0.150 e. The molecule has 0 spiro atoms. The molecule has 0 heterocycles. The van der Waals surface area contributed by atoms with Crippen molar-refractivity contribution in [1.82, 2.24) is 0 Å². The van der Waals surface area contributed by atoms with Crippen LogP contribution in [-0.4, -0.2) is 30.6 Å². The fourth-order valence-corrected chi connectivity index (χ4v) is 3.38. The minimum absolute atomic E-state index is 0.209. The fourth-order valence-electron chi connectivity index (χ4n) is 2.51. The molecule has 1 N–H and O–H groups in total. The van der Waals surface area contributed by atoms with Crippen LogP contribution in [0.5, 0.6) is 0 Å². The van der Waals surface area contributed by atoms with Gasteiger partial charge in [0, 0.05) is 5.75 Å². The van der Waals surface area contributed by atoms with E-state index in [4.69, 9.17) is 0 Å². The molecular weight excluding hydrogens is 224 g/mol. The molecule has 0 radical (unpaired) electrons. The van der Waals surface area contributed by atoms with Crippen LogP contribution in [0.2, 0.25) is 0 Å². The summed E-state index contributed by atoms with van der Waals surface area (Å²) in [5.74, 6) is 0.741. The quantitative estimate of drug-likeness (QED) is 0.811. The lowest BCUT2D eigenvalue weighted by Crippen LogP contribution is -2.39. The van der Waals surface area contributed by atoms with Gasteiger partial charge in [-0.3, -0.25) is 0 Å². The largest absolute Gasteiger partial charge is 0.390 e. The molecule has 0 aliphatic heterocycles. The topological polar surface area (TPSA) is 54.4 Å². The third kappa shape index (κ3) is 3.74. The van der Waals surface area contributed by atoms with Crippen molar-refractivity contribution >= 4 is 9.84 Å². The SMILES string of the molecule is CCS(=O)(=O)CCCC1(O)CCCCC1C. The van der Waals surface area contributed by atoms with Crippen molar-refractivity contribution in [3.8, 4) is 0 Å². The Bertz CT molecular complexity index is 310. The molecule has 2 atom stereocenters. The van der Waals surface area contributed by atoms with Crippen molar-refractivity contribution < 1.29 is 13.5 Å². The molecule has 0 bridgehead atoms. The summed E-state index contributed by atoms with van der Waals surface area (Å²) >= 11 is 0. The van der Waals surface area contributed by atoms with Gasteiger partial charge in [0.15, 0.2) is 0 Å². The van der Waals surface area contributed by atoms with Crippen LogP contribution < -0.4 is 0 Å². The van der Waals surface area contributed by atoms with Gasteiger partial charge < -0.3 is 5.11 Å². The first-order chi connectivity index (χ1) is 7.40. The molecule has 1 aliphatic rings. The molecule has 2 unspecified atom stereocenters. The summed E-state index contributed by atoms with van der Waals surface area (Å²) in [7, 11) is -2.88. The fraction of sp³-hybridized carbons (Fsp3) is 1.00. The summed E-state index contributed by atoms with van der Waals surface area (Å²) < 4.78 is 22.7. The molecule has 96 valence electrons. The second-order valence-corrected chi connectivity index (χ2v) is 7.56. The Balaban J connectivity index is 2.41. The second-order valence-electron chi connectivity index (χ2n) is 5.09. The zero-order valence-corrected chi connectivity index (χ0v) is 11.2. The van der Waals surface area contributed by atoms with Gasteiger partial charge in [-0.1, -0.05) is 26.7 Å². The average Bonchev–Trinajstić information content (AvgIpc) is 2.23. The Hall–Kier alpha value is -0.0900. The molecule has 3 nitrogen and oxygen atoms in total. The maximum atomic E-state index is 11.3. The van der Waals surface area contributed by atoms with Gasteiger partial charge in [-0.25, -0.2) is 8.42 Å². The van der Waals surface area contributed by atoms with E-state index in [1.807, 2.05) is 0 Å². The Morgan fingerprint density at radius 2 is 2.06 bits per heavy atom. The van der Waals surface area contributed by atoms with Crippen LogP contribution >= 0.6 is 0 Å². The van der Waals surface area contributed by atoms with Crippen molar-refractivity contribution in [2.24, 2.45) is 5.92 Å². The maximum absolute atomic E-state index is 11.3. The van der Waals surface area contributed by atoms with E-state index < -0.39 is 15.4 Å². The molecule has 1 rings (SSSR count). The van der Waals surface area contributed by atoms with Gasteiger partial charge in [0.2, 0.25) is 0 Å². The number of sulfone groups is 1. The van der Waals surface area contributed by atoms with Gasteiger partial charge >= 0.3 is 0 Å². The molecule has 0 aromatic carbocycles. The lowest BCUT2D eigenvalue weighted by molar-refractivity contribution is -0.0481. The third-order valence-electron chi connectivity index (χ3n) is 3.92. The number of aliphatic hydroxyl groups is 1. The standard InChI is InChI=1S/C12H24O3S/c1-3-16(14,15)10-6-9-12(13)8-5-4-7-11(12)2/h11,13H,3-10H2,1-2H3. The molecule has 1 saturated carbocycles. The average molecular weight is 248 g/mol. The molecule has 0 amide bonds. The summed E-state index contributed by atoms with van der Waals surface area (Å²) in [6.45, 7) is 3.75. The van der Waals surface area contributed by atoms with Crippen LogP contribution in [0.4, 0.5) is 0 Å². The first kappa shape index (κ1) is 14.0. The Kier molecular flexibility index (Phi) is 4.80. The highest BCUT2D eigenvalue weighted by molar-refractivity contribution is 7.91. The highest BCUT2D eigenvalue weighted by Gasteiger charge is 2.35. The van der Waals surface area contributed by atoms with Crippen molar-refractivity contribution in [2.45, 2.75) is 58.0 Å². The number of hydrogen-bond donors (Lipinski definition) is 1. The lowest BCUT2D eigenvalue weighted by atomic mass is 9.74. The minimum atomic E-state index is -2.88. The van der Waals surface area contributed by atoms with E-state index in [9.17, 15) is 13.5 Å². The van der Waals surface area contributed by atoms with Gasteiger partial charge in [-0.15, -0.1) is 0 Å². The van der Waals surface area contributed by atoms with E-state index in [-0.39, 0.29) is 11.5 Å². The van der Waals surface area contributed by atoms with Crippen molar-refractivity contribution in [3.63, 3.8) is 0 Å². The van der Waals surface area contributed by atoms with Crippen LogP contribution in [0, 0.1) is 5.92 Å². The predicted octanol–water partition coefficient (Wildman–Crippen LogP) is 2.14. The van der Waals surface area contributed by atoms with Crippen molar-refractivity contribution in [1.29, 1.82) is 0 Å². The van der Waals surface area contributed by atoms with Crippen LogP contribution in [-0.2, 0) is 9.84 Å². The summed E-state index contributed by atoms with van der Waals surface area (Å²) in [5.41, 5.74) is -0.610. The molecular formula is C12H24O3S.